The molecule has 2 rings (SSSR count). The minimum absolute atomic E-state index is 0.152. The maximum Gasteiger partial charge on any atom is 0.251 e. The van der Waals surface area contributed by atoms with E-state index in [-0.39, 0.29) is 17.8 Å². The van der Waals surface area contributed by atoms with E-state index in [4.69, 9.17) is 9.47 Å². The van der Waals surface area contributed by atoms with Crippen molar-refractivity contribution in [2.75, 3.05) is 13.2 Å². The van der Waals surface area contributed by atoms with Gasteiger partial charge in [-0.25, -0.2) is 4.39 Å². The Hall–Kier alpha value is -1.46. The summed E-state index contributed by atoms with van der Waals surface area (Å²) in [5.41, 5.74) is 0.895. The van der Waals surface area contributed by atoms with Gasteiger partial charge in [-0.05, 0) is 44.5 Å². The van der Waals surface area contributed by atoms with Crippen molar-refractivity contribution in [3.05, 3.63) is 35.1 Å². The molecular weight excluding hydrogens is 249 g/mol. The van der Waals surface area contributed by atoms with E-state index in [2.05, 4.69) is 5.32 Å². The Labute approximate surface area is 111 Å². The quantitative estimate of drug-likeness (QED) is 0.911. The standard InChI is InChI=1S/C14H18FNO3/c1-9-6-10(4-5-12(9)15)13(17)16-7-11-8-18-14(2,3)19-11/h4-6,11H,7-8H2,1-3H3,(H,16,17). The number of rotatable bonds is 3. The van der Waals surface area contributed by atoms with E-state index < -0.39 is 5.79 Å². The Kier molecular flexibility index (Phi) is 3.87. The van der Waals surface area contributed by atoms with Gasteiger partial charge in [0.2, 0.25) is 0 Å². The van der Waals surface area contributed by atoms with Crippen LogP contribution in [0.15, 0.2) is 18.2 Å². The van der Waals surface area contributed by atoms with Crippen LogP contribution >= 0.6 is 0 Å². The van der Waals surface area contributed by atoms with Gasteiger partial charge in [-0.2, -0.15) is 0 Å². The molecule has 0 bridgehead atoms. The first-order chi connectivity index (χ1) is 8.87. The fourth-order valence-electron chi connectivity index (χ4n) is 1.96. The Balaban J connectivity index is 1.89. The summed E-state index contributed by atoms with van der Waals surface area (Å²) in [4.78, 5) is 11.9. The molecule has 0 saturated carbocycles. The molecule has 1 N–H and O–H groups in total. The molecule has 1 fully saturated rings. The summed E-state index contributed by atoms with van der Waals surface area (Å²) in [6, 6.07) is 4.29. The second kappa shape index (κ2) is 5.27. The number of halogens is 1. The average molecular weight is 267 g/mol. The Morgan fingerprint density at radius 3 is 2.84 bits per heavy atom. The molecule has 1 heterocycles. The molecule has 0 aromatic heterocycles. The Bertz CT molecular complexity index is 488. The zero-order valence-corrected chi connectivity index (χ0v) is 11.3. The highest BCUT2D eigenvalue weighted by Crippen LogP contribution is 2.21. The lowest BCUT2D eigenvalue weighted by atomic mass is 10.1. The van der Waals surface area contributed by atoms with Crippen molar-refractivity contribution in [1.82, 2.24) is 5.32 Å². The molecule has 1 aliphatic rings. The summed E-state index contributed by atoms with van der Waals surface area (Å²) in [5.74, 6) is -1.15. The highest BCUT2D eigenvalue weighted by molar-refractivity contribution is 5.94. The molecule has 1 atom stereocenters. The summed E-state index contributed by atoms with van der Waals surface area (Å²) >= 11 is 0. The zero-order chi connectivity index (χ0) is 14.0. The van der Waals surface area contributed by atoms with Crippen LogP contribution in [0.5, 0.6) is 0 Å². The average Bonchev–Trinajstić information content (AvgIpc) is 2.69. The number of aryl methyl sites for hydroxylation is 1. The maximum atomic E-state index is 13.1. The van der Waals surface area contributed by atoms with Gasteiger partial charge in [0, 0.05) is 12.1 Å². The van der Waals surface area contributed by atoms with Crippen molar-refractivity contribution in [1.29, 1.82) is 0 Å². The topological polar surface area (TPSA) is 47.6 Å². The lowest BCUT2D eigenvalue weighted by Crippen LogP contribution is -2.34. The first kappa shape index (κ1) is 14.0. The number of carbonyl (C=O) groups excluding carboxylic acids is 1. The van der Waals surface area contributed by atoms with Crippen LogP contribution in [0.1, 0.15) is 29.8 Å². The van der Waals surface area contributed by atoms with E-state index in [0.717, 1.165) is 0 Å². The normalized spacial score (nSPS) is 21.4. The number of hydrogen-bond acceptors (Lipinski definition) is 3. The third-order valence-corrected chi connectivity index (χ3v) is 2.98. The van der Waals surface area contributed by atoms with Crippen LogP contribution in [0.25, 0.3) is 0 Å². The molecule has 19 heavy (non-hydrogen) atoms. The lowest BCUT2D eigenvalue weighted by Gasteiger charge is -2.17. The molecule has 0 aliphatic carbocycles. The van der Waals surface area contributed by atoms with E-state index in [1.165, 1.54) is 18.2 Å². The van der Waals surface area contributed by atoms with Crippen molar-refractivity contribution >= 4 is 5.91 Å². The van der Waals surface area contributed by atoms with E-state index in [1.54, 1.807) is 6.92 Å². The van der Waals surface area contributed by atoms with E-state index in [0.29, 0.717) is 24.3 Å². The number of benzene rings is 1. The molecule has 0 radical (unpaired) electrons. The smallest absolute Gasteiger partial charge is 0.251 e. The van der Waals surface area contributed by atoms with Crippen molar-refractivity contribution in [3.63, 3.8) is 0 Å². The highest BCUT2D eigenvalue weighted by atomic mass is 19.1. The fraction of sp³-hybridized carbons (Fsp3) is 0.500. The van der Waals surface area contributed by atoms with Crippen molar-refractivity contribution < 1.29 is 18.7 Å². The third kappa shape index (κ3) is 3.52. The van der Waals surface area contributed by atoms with Crippen molar-refractivity contribution in [2.24, 2.45) is 0 Å². The van der Waals surface area contributed by atoms with Gasteiger partial charge in [-0.3, -0.25) is 4.79 Å². The van der Waals surface area contributed by atoms with E-state index in [1.807, 2.05) is 13.8 Å². The number of carbonyl (C=O) groups is 1. The van der Waals surface area contributed by atoms with Gasteiger partial charge in [0.25, 0.3) is 5.91 Å². The van der Waals surface area contributed by atoms with Crippen LogP contribution in [0.4, 0.5) is 4.39 Å². The van der Waals surface area contributed by atoms with Crippen LogP contribution in [0.3, 0.4) is 0 Å². The first-order valence-corrected chi connectivity index (χ1v) is 6.23. The molecule has 1 amide bonds. The molecule has 0 spiro atoms. The Morgan fingerprint density at radius 1 is 1.53 bits per heavy atom. The van der Waals surface area contributed by atoms with Crippen LogP contribution in [-0.2, 0) is 9.47 Å². The minimum atomic E-state index is -0.595. The molecule has 1 aliphatic heterocycles. The first-order valence-electron chi connectivity index (χ1n) is 6.23. The van der Waals surface area contributed by atoms with Gasteiger partial charge in [0.05, 0.1) is 6.61 Å². The summed E-state index contributed by atoms with van der Waals surface area (Å²) in [7, 11) is 0. The predicted molar refractivity (Wildman–Crippen MR) is 68.4 cm³/mol. The largest absolute Gasteiger partial charge is 0.349 e. The predicted octanol–water partition coefficient (Wildman–Crippen LogP) is 2.02. The van der Waals surface area contributed by atoms with Gasteiger partial charge in [0.15, 0.2) is 5.79 Å². The summed E-state index contributed by atoms with van der Waals surface area (Å²) < 4.78 is 24.1. The number of hydrogen-bond donors (Lipinski definition) is 1. The molecule has 1 aromatic rings. The number of amides is 1. The molecule has 4 nitrogen and oxygen atoms in total. The second-order valence-corrected chi connectivity index (χ2v) is 5.12. The maximum absolute atomic E-state index is 13.1. The summed E-state index contributed by atoms with van der Waals surface area (Å²) in [6.45, 7) is 6.12. The molecule has 1 saturated heterocycles. The van der Waals surface area contributed by atoms with Gasteiger partial charge in [-0.1, -0.05) is 0 Å². The van der Waals surface area contributed by atoms with Crippen LogP contribution in [0.2, 0.25) is 0 Å². The number of ether oxygens (including phenoxy) is 2. The van der Waals surface area contributed by atoms with Gasteiger partial charge in [-0.15, -0.1) is 0 Å². The zero-order valence-electron chi connectivity index (χ0n) is 11.3. The SMILES string of the molecule is Cc1cc(C(=O)NCC2COC(C)(C)O2)ccc1F. The molecule has 1 unspecified atom stereocenters. The van der Waals surface area contributed by atoms with Crippen molar-refractivity contribution in [3.8, 4) is 0 Å². The van der Waals surface area contributed by atoms with Gasteiger partial charge >= 0.3 is 0 Å². The van der Waals surface area contributed by atoms with Crippen LogP contribution < -0.4 is 5.32 Å². The summed E-state index contributed by atoms with van der Waals surface area (Å²) in [6.07, 6.45) is -0.152. The fourth-order valence-corrected chi connectivity index (χ4v) is 1.96. The molecule has 104 valence electrons. The minimum Gasteiger partial charge on any atom is -0.349 e. The summed E-state index contributed by atoms with van der Waals surface area (Å²) in [5, 5.41) is 2.76. The molecule has 5 heteroatoms. The van der Waals surface area contributed by atoms with E-state index >= 15 is 0 Å². The van der Waals surface area contributed by atoms with Crippen LogP contribution in [0, 0.1) is 12.7 Å². The van der Waals surface area contributed by atoms with Crippen LogP contribution in [-0.4, -0.2) is 30.9 Å². The number of nitrogens with one attached hydrogen (secondary N) is 1. The van der Waals surface area contributed by atoms with E-state index in [9.17, 15) is 9.18 Å². The van der Waals surface area contributed by atoms with Gasteiger partial charge < -0.3 is 14.8 Å². The second-order valence-electron chi connectivity index (χ2n) is 5.12. The lowest BCUT2D eigenvalue weighted by molar-refractivity contribution is -0.137. The van der Waals surface area contributed by atoms with Gasteiger partial charge in [0.1, 0.15) is 11.9 Å². The van der Waals surface area contributed by atoms with Crippen molar-refractivity contribution in [2.45, 2.75) is 32.7 Å². The third-order valence-electron chi connectivity index (χ3n) is 2.98. The monoisotopic (exact) mass is 267 g/mol. The Morgan fingerprint density at radius 2 is 2.26 bits per heavy atom. The molecule has 1 aromatic carbocycles. The highest BCUT2D eigenvalue weighted by Gasteiger charge is 2.32. The molecular formula is C14H18FNO3.